The van der Waals surface area contributed by atoms with Crippen LogP contribution < -0.4 is 5.32 Å². The molecule has 17 heavy (non-hydrogen) atoms. The standard InChI is InChI=1S/C13H16N2OS/c1-13(2)8-17-12(15-13)14-11-4-3-9-6-16-7-10(9)5-11/h3-5H,6-8H2,1-2H3,(H,14,15). The molecule has 2 aliphatic heterocycles. The molecule has 0 aromatic heterocycles. The largest absolute Gasteiger partial charge is 0.372 e. The highest BCUT2D eigenvalue weighted by Crippen LogP contribution is 2.29. The first-order valence-corrected chi connectivity index (χ1v) is 6.80. The van der Waals surface area contributed by atoms with Crippen LogP contribution in [0.3, 0.4) is 0 Å². The van der Waals surface area contributed by atoms with Crippen molar-refractivity contribution >= 4 is 22.6 Å². The van der Waals surface area contributed by atoms with Crippen LogP contribution in [0.15, 0.2) is 23.2 Å². The molecule has 0 amide bonds. The van der Waals surface area contributed by atoms with E-state index in [1.54, 1.807) is 11.8 Å². The third-order valence-electron chi connectivity index (χ3n) is 2.94. The summed E-state index contributed by atoms with van der Waals surface area (Å²) in [5.74, 6) is 1.05. The van der Waals surface area contributed by atoms with Gasteiger partial charge in [-0.25, -0.2) is 0 Å². The van der Waals surface area contributed by atoms with E-state index in [1.165, 1.54) is 11.1 Å². The van der Waals surface area contributed by atoms with Crippen LogP contribution in [0.2, 0.25) is 0 Å². The van der Waals surface area contributed by atoms with Crippen molar-refractivity contribution in [3.05, 3.63) is 29.3 Å². The molecule has 0 radical (unpaired) electrons. The molecule has 1 aromatic carbocycles. The zero-order valence-electron chi connectivity index (χ0n) is 10.1. The van der Waals surface area contributed by atoms with Gasteiger partial charge in [-0.1, -0.05) is 17.8 Å². The Morgan fingerprint density at radius 2 is 2.12 bits per heavy atom. The number of hydrogen-bond acceptors (Lipinski definition) is 4. The lowest BCUT2D eigenvalue weighted by atomic mass is 10.1. The first kappa shape index (κ1) is 11.1. The number of benzene rings is 1. The normalized spacial score (nSPS) is 21.2. The van der Waals surface area contributed by atoms with E-state index in [0.717, 1.165) is 29.8 Å². The number of aliphatic imine (C=N–C) groups is 1. The van der Waals surface area contributed by atoms with Gasteiger partial charge in [0.2, 0.25) is 0 Å². The third kappa shape index (κ3) is 2.33. The van der Waals surface area contributed by atoms with E-state index in [1.807, 2.05) is 0 Å². The second-order valence-corrected chi connectivity index (χ2v) is 6.08. The molecule has 90 valence electrons. The van der Waals surface area contributed by atoms with Crippen LogP contribution >= 0.6 is 11.8 Å². The summed E-state index contributed by atoms with van der Waals surface area (Å²) < 4.78 is 5.41. The lowest BCUT2D eigenvalue weighted by molar-refractivity contribution is 0.134. The van der Waals surface area contributed by atoms with Gasteiger partial charge in [0.15, 0.2) is 5.17 Å². The molecule has 0 saturated heterocycles. The highest BCUT2D eigenvalue weighted by Gasteiger charge is 2.25. The quantitative estimate of drug-likeness (QED) is 0.829. The highest BCUT2D eigenvalue weighted by molar-refractivity contribution is 8.14. The van der Waals surface area contributed by atoms with Crippen molar-refractivity contribution in [2.75, 3.05) is 11.1 Å². The fourth-order valence-electron chi connectivity index (χ4n) is 2.02. The molecule has 3 rings (SSSR count). The predicted molar refractivity (Wildman–Crippen MR) is 72.5 cm³/mol. The molecule has 0 bridgehead atoms. The highest BCUT2D eigenvalue weighted by atomic mass is 32.2. The minimum absolute atomic E-state index is 0.0623. The number of nitrogens with zero attached hydrogens (tertiary/aromatic N) is 1. The number of fused-ring (bicyclic) bond motifs is 1. The van der Waals surface area contributed by atoms with E-state index >= 15 is 0 Å². The minimum atomic E-state index is 0.0623. The third-order valence-corrected chi connectivity index (χ3v) is 4.26. The van der Waals surface area contributed by atoms with E-state index in [0.29, 0.717) is 0 Å². The van der Waals surface area contributed by atoms with Crippen LogP contribution in [0, 0.1) is 0 Å². The van der Waals surface area contributed by atoms with Crippen molar-refractivity contribution < 1.29 is 4.74 Å². The number of anilines is 1. The second-order valence-electron chi connectivity index (χ2n) is 5.12. The van der Waals surface area contributed by atoms with Crippen LogP contribution in [0.1, 0.15) is 25.0 Å². The van der Waals surface area contributed by atoms with E-state index in [4.69, 9.17) is 4.74 Å². The van der Waals surface area contributed by atoms with Gasteiger partial charge in [-0.3, -0.25) is 4.99 Å². The predicted octanol–water partition coefficient (Wildman–Crippen LogP) is 3.01. The topological polar surface area (TPSA) is 33.6 Å². The van der Waals surface area contributed by atoms with Crippen molar-refractivity contribution in [1.29, 1.82) is 0 Å². The van der Waals surface area contributed by atoms with Crippen molar-refractivity contribution in [3.63, 3.8) is 0 Å². The van der Waals surface area contributed by atoms with Gasteiger partial charge in [-0.05, 0) is 37.1 Å². The van der Waals surface area contributed by atoms with Gasteiger partial charge >= 0.3 is 0 Å². The Hall–Kier alpha value is -1.00. The Labute approximate surface area is 106 Å². The van der Waals surface area contributed by atoms with Crippen molar-refractivity contribution in [2.24, 2.45) is 4.99 Å². The van der Waals surface area contributed by atoms with E-state index < -0.39 is 0 Å². The molecule has 1 N–H and O–H groups in total. The SMILES string of the molecule is CC1(C)CSC(Nc2ccc3c(c2)COC3)=N1. The maximum Gasteiger partial charge on any atom is 0.161 e. The Balaban J connectivity index is 1.78. The Kier molecular flexibility index (Phi) is 2.64. The van der Waals surface area contributed by atoms with Gasteiger partial charge in [0.05, 0.1) is 18.8 Å². The summed E-state index contributed by atoms with van der Waals surface area (Å²) >= 11 is 1.79. The van der Waals surface area contributed by atoms with Crippen molar-refractivity contribution in [2.45, 2.75) is 32.6 Å². The van der Waals surface area contributed by atoms with Crippen LogP contribution in [0.25, 0.3) is 0 Å². The van der Waals surface area contributed by atoms with Crippen LogP contribution in [0.5, 0.6) is 0 Å². The fraction of sp³-hybridized carbons (Fsp3) is 0.462. The lowest BCUT2D eigenvalue weighted by Gasteiger charge is -2.09. The van der Waals surface area contributed by atoms with Gasteiger partial charge in [0.1, 0.15) is 0 Å². The number of nitrogens with one attached hydrogen (secondary N) is 1. The molecule has 1 aromatic rings. The first-order valence-electron chi connectivity index (χ1n) is 5.82. The lowest BCUT2D eigenvalue weighted by Crippen LogP contribution is -2.15. The molecule has 0 atom stereocenters. The number of hydrogen-bond donors (Lipinski definition) is 1. The summed E-state index contributed by atoms with van der Waals surface area (Å²) in [6.07, 6.45) is 0. The Bertz CT molecular complexity index is 482. The molecule has 0 unspecified atom stereocenters. The fourth-order valence-corrected chi connectivity index (χ4v) is 3.08. The summed E-state index contributed by atoms with van der Waals surface area (Å²) in [5.41, 5.74) is 3.76. The average Bonchev–Trinajstić information content (AvgIpc) is 2.84. The summed E-state index contributed by atoms with van der Waals surface area (Å²) in [4.78, 5) is 4.65. The van der Waals surface area contributed by atoms with Gasteiger partial charge in [-0.15, -0.1) is 0 Å². The van der Waals surface area contributed by atoms with E-state index in [2.05, 4.69) is 42.4 Å². The Morgan fingerprint density at radius 1 is 1.29 bits per heavy atom. The molecular weight excluding hydrogens is 232 g/mol. The maximum atomic E-state index is 5.41. The zero-order chi connectivity index (χ0) is 11.9. The second kappa shape index (κ2) is 4.03. The molecule has 0 saturated carbocycles. The van der Waals surface area contributed by atoms with Crippen LogP contribution in [0.4, 0.5) is 5.69 Å². The minimum Gasteiger partial charge on any atom is -0.372 e. The summed E-state index contributed by atoms with van der Waals surface area (Å²) in [5, 5.41) is 4.41. The van der Waals surface area contributed by atoms with Gasteiger partial charge in [0, 0.05) is 11.4 Å². The van der Waals surface area contributed by atoms with Crippen LogP contribution in [-0.4, -0.2) is 16.5 Å². The smallest absolute Gasteiger partial charge is 0.161 e. The molecule has 0 aliphatic carbocycles. The number of ether oxygens (including phenoxy) is 1. The molecule has 2 heterocycles. The molecule has 4 heteroatoms. The molecular formula is C13H16N2OS. The summed E-state index contributed by atoms with van der Waals surface area (Å²) in [7, 11) is 0. The van der Waals surface area contributed by atoms with E-state index in [-0.39, 0.29) is 5.54 Å². The molecule has 3 nitrogen and oxygen atoms in total. The molecule has 0 fully saturated rings. The summed E-state index contributed by atoms with van der Waals surface area (Å²) in [6.45, 7) is 5.80. The average molecular weight is 248 g/mol. The first-order chi connectivity index (χ1) is 8.12. The van der Waals surface area contributed by atoms with Crippen molar-refractivity contribution in [3.8, 4) is 0 Å². The number of amidine groups is 1. The molecule has 0 spiro atoms. The summed E-state index contributed by atoms with van der Waals surface area (Å²) in [6, 6.07) is 6.40. The number of rotatable bonds is 1. The zero-order valence-corrected chi connectivity index (χ0v) is 10.9. The van der Waals surface area contributed by atoms with Gasteiger partial charge in [0.25, 0.3) is 0 Å². The maximum absolute atomic E-state index is 5.41. The number of thioether (sulfide) groups is 1. The van der Waals surface area contributed by atoms with Gasteiger partial charge in [-0.2, -0.15) is 0 Å². The molecule has 2 aliphatic rings. The monoisotopic (exact) mass is 248 g/mol. The van der Waals surface area contributed by atoms with Crippen LogP contribution in [-0.2, 0) is 18.0 Å². The van der Waals surface area contributed by atoms with E-state index in [9.17, 15) is 0 Å². The van der Waals surface area contributed by atoms with Crippen molar-refractivity contribution in [1.82, 2.24) is 0 Å². The van der Waals surface area contributed by atoms with Gasteiger partial charge < -0.3 is 10.1 Å². The Morgan fingerprint density at radius 3 is 2.88 bits per heavy atom.